The summed E-state index contributed by atoms with van der Waals surface area (Å²) in [6.45, 7) is 1.41. The summed E-state index contributed by atoms with van der Waals surface area (Å²) >= 11 is 0. The lowest BCUT2D eigenvalue weighted by molar-refractivity contribution is -0.132. The van der Waals surface area contributed by atoms with Crippen LogP contribution in [0.4, 0.5) is 4.39 Å². The molecule has 27 heavy (non-hydrogen) atoms. The monoisotopic (exact) mass is 369 g/mol. The van der Waals surface area contributed by atoms with Crippen LogP contribution in [0.2, 0.25) is 0 Å². The van der Waals surface area contributed by atoms with Crippen LogP contribution in [0.25, 0.3) is 0 Å². The molecule has 1 N–H and O–H groups in total. The van der Waals surface area contributed by atoms with Crippen molar-refractivity contribution in [2.24, 2.45) is 0 Å². The molecule has 1 aromatic heterocycles. The van der Waals surface area contributed by atoms with Gasteiger partial charge in [0.2, 0.25) is 5.91 Å². The number of rotatable bonds is 5. The van der Waals surface area contributed by atoms with Gasteiger partial charge in [0, 0.05) is 44.4 Å². The van der Waals surface area contributed by atoms with Crippen molar-refractivity contribution < 1.29 is 14.0 Å². The maximum Gasteiger partial charge on any atom is 0.252 e. The molecule has 142 valence electrons. The summed E-state index contributed by atoms with van der Waals surface area (Å²) in [4.78, 5) is 30.5. The fraction of sp³-hybridized carbons (Fsp3) is 0.381. The average Bonchev–Trinajstić information content (AvgIpc) is 2.72. The molecule has 0 unspecified atom stereocenters. The van der Waals surface area contributed by atoms with Crippen LogP contribution in [0, 0.1) is 5.82 Å². The highest BCUT2D eigenvalue weighted by Gasteiger charge is 2.25. The molecule has 2 aromatic rings. The van der Waals surface area contributed by atoms with Gasteiger partial charge in [0.05, 0.1) is 5.56 Å². The van der Waals surface area contributed by atoms with Crippen LogP contribution in [0.15, 0.2) is 42.6 Å². The lowest BCUT2D eigenvalue weighted by Gasteiger charge is -2.32. The van der Waals surface area contributed by atoms with Gasteiger partial charge in [-0.25, -0.2) is 4.39 Å². The molecule has 1 aliphatic rings. The second kappa shape index (κ2) is 8.75. The number of carbonyl (C=O) groups is 2. The van der Waals surface area contributed by atoms with Gasteiger partial charge >= 0.3 is 0 Å². The normalized spacial score (nSPS) is 16.8. The minimum absolute atomic E-state index is 0.117. The van der Waals surface area contributed by atoms with Crippen molar-refractivity contribution in [2.45, 2.75) is 31.6 Å². The van der Waals surface area contributed by atoms with Crippen LogP contribution in [0.5, 0.6) is 0 Å². The minimum atomic E-state index is -0.265. The molecular formula is C21H24FN3O2. The van der Waals surface area contributed by atoms with Gasteiger partial charge in [-0.1, -0.05) is 12.1 Å². The fourth-order valence-corrected chi connectivity index (χ4v) is 3.43. The van der Waals surface area contributed by atoms with E-state index >= 15 is 0 Å². The van der Waals surface area contributed by atoms with Gasteiger partial charge in [-0.05, 0) is 49.1 Å². The van der Waals surface area contributed by atoms with E-state index in [0.29, 0.717) is 24.9 Å². The van der Waals surface area contributed by atoms with Gasteiger partial charge < -0.3 is 10.2 Å². The predicted octanol–water partition coefficient (Wildman–Crippen LogP) is 2.92. The van der Waals surface area contributed by atoms with Gasteiger partial charge in [0.25, 0.3) is 5.91 Å². The van der Waals surface area contributed by atoms with Crippen molar-refractivity contribution in [1.82, 2.24) is 15.2 Å². The Balaban J connectivity index is 1.57. The summed E-state index contributed by atoms with van der Waals surface area (Å²) in [6, 6.07) is 9.94. The molecule has 1 aromatic carbocycles. The molecule has 0 bridgehead atoms. The number of pyridine rings is 1. The van der Waals surface area contributed by atoms with E-state index < -0.39 is 0 Å². The van der Waals surface area contributed by atoms with Crippen molar-refractivity contribution in [3.05, 3.63) is 65.2 Å². The van der Waals surface area contributed by atoms with Crippen LogP contribution in [0.3, 0.4) is 0 Å². The van der Waals surface area contributed by atoms with Gasteiger partial charge in [-0.15, -0.1) is 0 Å². The summed E-state index contributed by atoms with van der Waals surface area (Å²) in [5, 5.41) is 2.58. The molecule has 0 radical (unpaired) electrons. The molecule has 1 atom stereocenters. The molecular weight excluding hydrogens is 345 g/mol. The number of likely N-dealkylation sites (tertiary alicyclic amines) is 1. The summed E-state index contributed by atoms with van der Waals surface area (Å²) < 4.78 is 13.0. The van der Waals surface area contributed by atoms with Crippen molar-refractivity contribution in [3.8, 4) is 0 Å². The minimum Gasteiger partial charge on any atom is -0.355 e. The van der Waals surface area contributed by atoms with Crippen LogP contribution in [-0.2, 0) is 11.2 Å². The predicted molar refractivity (Wildman–Crippen MR) is 101 cm³/mol. The molecule has 1 aliphatic heterocycles. The molecule has 0 spiro atoms. The third-order valence-corrected chi connectivity index (χ3v) is 5.01. The highest BCUT2D eigenvalue weighted by atomic mass is 19.1. The highest BCUT2D eigenvalue weighted by Crippen LogP contribution is 2.26. The first kappa shape index (κ1) is 19.0. The molecule has 0 saturated carbocycles. The van der Waals surface area contributed by atoms with Crippen molar-refractivity contribution in [1.29, 1.82) is 0 Å². The number of piperidine rings is 1. The zero-order valence-corrected chi connectivity index (χ0v) is 15.5. The van der Waals surface area contributed by atoms with E-state index in [4.69, 9.17) is 0 Å². The zero-order chi connectivity index (χ0) is 19.2. The molecule has 6 heteroatoms. The second-order valence-electron chi connectivity index (χ2n) is 6.86. The Morgan fingerprint density at radius 3 is 2.67 bits per heavy atom. The number of benzene rings is 1. The van der Waals surface area contributed by atoms with Crippen LogP contribution >= 0.6 is 0 Å². The number of hydrogen-bond donors (Lipinski definition) is 1. The molecule has 3 rings (SSSR count). The highest BCUT2D eigenvalue weighted by molar-refractivity contribution is 5.93. The first-order valence-electron chi connectivity index (χ1n) is 9.27. The number of carbonyl (C=O) groups excluding carboxylic acids is 2. The summed E-state index contributed by atoms with van der Waals surface area (Å²) in [7, 11) is 1.59. The quantitative estimate of drug-likeness (QED) is 0.881. The number of aromatic nitrogens is 1. The van der Waals surface area contributed by atoms with E-state index in [0.717, 1.165) is 30.6 Å². The van der Waals surface area contributed by atoms with Gasteiger partial charge in [-0.3, -0.25) is 14.6 Å². The largest absolute Gasteiger partial charge is 0.355 e. The van der Waals surface area contributed by atoms with Crippen molar-refractivity contribution in [3.63, 3.8) is 0 Å². The molecule has 5 nitrogen and oxygen atoms in total. The van der Waals surface area contributed by atoms with E-state index in [9.17, 15) is 14.0 Å². The van der Waals surface area contributed by atoms with Crippen LogP contribution in [0.1, 0.15) is 46.8 Å². The van der Waals surface area contributed by atoms with E-state index in [2.05, 4.69) is 10.3 Å². The summed E-state index contributed by atoms with van der Waals surface area (Å²) in [5.74, 6) is -0.118. The standard InChI is InChI=1S/C21H24FN3O2/c1-23-21(27)16-7-10-19(24-13-16)17-3-2-12-25(14-17)20(26)11-6-15-4-8-18(22)9-5-15/h4-5,7-10,13,17H,2-3,6,11-12,14H2,1H3,(H,23,27)/t17-/m0/s1. The lowest BCUT2D eigenvalue weighted by Crippen LogP contribution is -2.39. The Hall–Kier alpha value is -2.76. The van der Waals surface area contributed by atoms with E-state index in [1.54, 1.807) is 31.4 Å². The van der Waals surface area contributed by atoms with E-state index in [1.807, 2.05) is 11.0 Å². The molecule has 0 aliphatic carbocycles. The third kappa shape index (κ3) is 4.90. The number of amides is 2. The van der Waals surface area contributed by atoms with Crippen LogP contribution < -0.4 is 5.32 Å². The Labute approximate surface area is 158 Å². The number of nitrogens with zero attached hydrogens (tertiary/aromatic N) is 2. The first-order valence-corrected chi connectivity index (χ1v) is 9.27. The fourth-order valence-electron chi connectivity index (χ4n) is 3.43. The SMILES string of the molecule is CNC(=O)c1ccc([C@H]2CCCN(C(=O)CCc3ccc(F)cc3)C2)nc1. The smallest absolute Gasteiger partial charge is 0.252 e. The Bertz CT molecular complexity index is 790. The molecule has 1 fully saturated rings. The maximum absolute atomic E-state index is 13.0. The number of halogens is 1. The lowest BCUT2D eigenvalue weighted by atomic mass is 9.93. The molecule has 2 amide bonds. The van der Waals surface area contributed by atoms with Gasteiger partial charge in [0.1, 0.15) is 5.82 Å². The summed E-state index contributed by atoms with van der Waals surface area (Å²) in [6.07, 6.45) is 4.53. The van der Waals surface area contributed by atoms with Crippen molar-refractivity contribution in [2.75, 3.05) is 20.1 Å². The number of aryl methyl sites for hydroxylation is 1. The first-order chi connectivity index (χ1) is 13.1. The number of nitrogens with one attached hydrogen (secondary N) is 1. The average molecular weight is 369 g/mol. The zero-order valence-electron chi connectivity index (χ0n) is 15.5. The number of hydrogen-bond acceptors (Lipinski definition) is 3. The van der Waals surface area contributed by atoms with Gasteiger partial charge in [0.15, 0.2) is 0 Å². The maximum atomic E-state index is 13.0. The van der Waals surface area contributed by atoms with Gasteiger partial charge in [-0.2, -0.15) is 0 Å². The van der Waals surface area contributed by atoms with Crippen LogP contribution in [-0.4, -0.2) is 41.8 Å². The van der Waals surface area contributed by atoms with E-state index in [-0.39, 0.29) is 23.5 Å². The third-order valence-electron chi connectivity index (χ3n) is 5.01. The Morgan fingerprint density at radius 2 is 2.00 bits per heavy atom. The summed E-state index contributed by atoms with van der Waals surface area (Å²) in [5.41, 5.74) is 2.41. The molecule has 1 saturated heterocycles. The Kier molecular flexibility index (Phi) is 6.16. The topological polar surface area (TPSA) is 62.3 Å². The second-order valence-corrected chi connectivity index (χ2v) is 6.86. The van der Waals surface area contributed by atoms with Crippen molar-refractivity contribution >= 4 is 11.8 Å². The van der Waals surface area contributed by atoms with E-state index in [1.165, 1.54) is 12.1 Å². The Morgan fingerprint density at radius 1 is 1.22 bits per heavy atom. The molecule has 2 heterocycles.